The number of nitrogens with zero attached hydrogens (tertiary/aromatic N) is 1. The van der Waals surface area contributed by atoms with Crippen molar-refractivity contribution in [2.45, 2.75) is 25.2 Å². The van der Waals surface area contributed by atoms with Gasteiger partial charge in [0.1, 0.15) is 6.04 Å². The number of hydrogen-bond acceptors (Lipinski definition) is 3. The molecule has 2 aromatic carbocycles. The van der Waals surface area contributed by atoms with E-state index >= 15 is 0 Å². The van der Waals surface area contributed by atoms with Crippen LogP contribution in [-0.2, 0) is 13.0 Å². The molecule has 1 aliphatic rings. The third-order valence-electron chi connectivity index (χ3n) is 4.92. The van der Waals surface area contributed by atoms with Crippen molar-refractivity contribution in [3.05, 3.63) is 65.2 Å². The molecule has 0 bridgehead atoms. The fourth-order valence-electron chi connectivity index (χ4n) is 3.18. The average molecular weight is 420 g/mol. The molecule has 1 atom stereocenters. The number of hydrogen-bond donors (Lipinski definition) is 3. The van der Waals surface area contributed by atoms with Gasteiger partial charge in [-0.1, -0.05) is 36.4 Å². The van der Waals surface area contributed by atoms with Gasteiger partial charge in [-0.25, -0.2) is 4.79 Å². The lowest BCUT2D eigenvalue weighted by Crippen LogP contribution is -2.50. The van der Waals surface area contributed by atoms with Gasteiger partial charge in [-0.05, 0) is 29.7 Å². The van der Waals surface area contributed by atoms with Gasteiger partial charge in [-0.15, -0.1) is 0 Å². The van der Waals surface area contributed by atoms with Gasteiger partial charge in [-0.2, -0.15) is 13.2 Å². The molecule has 1 aliphatic heterocycles. The number of anilines is 1. The van der Waals surface area contributed by atoms with Crippen LogP contribution in [0.25, 0.3) is 0 Å². The summed E-state index contributed by atoms with van der Waals surface area (Å²) >= 11 is 0. The second-order valence-electron chi connectivity index (χ2n) is 7.14. The van der Waals surface area contributed by atoms with E-state index in [1.807, 2.05) is 0 Å². The number of alkyl halides is 3. The van der Waals surface area contributed by atoms with Gasteiger partial charge in [0.2, 0.25) is 0 Å². The number of carbonyl (C=O) groups excluding carboxylic acids is 2. The molecule has 0 fully saturated rings. The van der Waals surface area contributed by atoms with Crippen molar-refractivity contribution in [2.75, 3.05) is 25.5 Å². The van der Waals surface area contributed by atoms with E-state index < -0.39 is 24.8 Å². The molecule has 30 heavy (non-hydrogen) atoms. The highest BCUT2D eigenvalue weighted by atomic mass is 19.4. The number of halogens is 3. The molecule has 6 nitrogen and oxygen atoms in total. The molecule has 0 aliphatic carbocycles. The van der Waals surface area contributed by atoms with Gasteiger partial charge in [0.25, 0.3) is 5.91 Å². The Morgan fingerprint density at radius 1 is 1.17 bits per heavy atom. The molecule has 9 heteroatoms. The summed E-state index contributed by atoms with van der Waals surface area (Å²) in [6, 6.07) is 10.9. The van der Waals surface area contributed by atoms with E-state index in [2.05, 4.69) is 16.0 Å². The molecule has 0 aromatic heterocycles. The molecule has 160 valence electrons. The minimum absolute atomic E-state index is 0.0226. The summed E-state index contributed by atoms with van der Waals surface area (Å²) < 4.78 is 39.9. The molecular formula is C21H23F3N4O2. The topological polar surface area (TPSA) is 73.5 Å². The summed E-state index contributed by atoms with van der Waals surface area (Å²) in [6.07, 6.45) is -3.81. The van der Waals surface area contributed by atoms with Crippen molar-refractivity contribution in [3.63, 3.8) is 0 Å². The zero-order valence-corrected chi connectivity index (χ0v) is 16.4. The predicted molar refractivity (Wildman–Crippen MR) is 107 cm³/mol. The number of amides is 3. The maximum Gasteiger partial charge on any atom is 0.405 e. The van der Waals surface area contributed by atoms with Crippen molar-refractivity contribution in [1.82, 2.24) is 15.5 Å². The second kappa shape index (κ2) is 9.17. The van der Waals surface area contributed by atoms with Crippen molar-refractivity contribution < 1.29 is 22.8 Å². The van der Waals surface area contributed by atoms with Crippen LogP contribution in [-0.4, -0.2) is 49.2 Å². The quantitative estimate of drug-likeness (QED) is 0.672. The molecule has 0 saturated carbocycles. The first kappa shape index (κ1) is 21.6. The lowest BCUT2D eigenvalue weighted by atomic mass is 9.99. The highest BCUT2D eigenvalue weighted by molar-refractivity contribution is 5.99. The van der Waals surface area contributed by atoms with E-state index in [0.29, 0.717) is 29.8 Å². The zero-order chi connectivity index (χ0) is 21.7. The highest BCUT2D eigenvalue weighted by Gasteiger charge is 2.39. The number of benzene rings is 2. The smallest absolute Gasteiger partial charge is 0.341 e. The van der Waals surface area contributed by atoms with Crippen LogP contribution >= 0.6 is 0 Å². The first-order valence-corrected chi connectivity index (χ1v) is 9.51. The number of rotatable bonds is 6. The van der Waals surface area contributed by atoms with E-state index in [1.165, 1.54) is 0 Å². The van der Waals surface area contributed by atoms with Gasteiger partial charge in [0, 0.05) is 37.9 Å². The van der Waals surface area contributed by atoms with Crippen LogP contribution in [0.5, 0.6) is 0 Å². The largest absolute Gasteiger partial charge is 0.405 e. The molecule has 1 heterocycles. The van der Waals surface area contributed by atoms with Crippen LogP contribution in [0.2, 0.25) is 0 Å². The van der Waals surface area contributed by atoms with E-state index in [-0.39, 0.29) is 12.5 Å². The fourth-order valence-corrected chi connectivity index (χ4v) is 3.18. The van der Waals surface area contributed by atoms with E-state index in [9.17, 15) is 22.8 Å². The normalized spacial score (nSPS) is 14.8. The Bertz CT molecular complexity index is 903. The number of carbonyl (C=O) groups is 2. The molecule has 3 rings (SSSR count). The molecule has 0 saturated heterocycles. The van der Waals surface area contributed by atoms with E-state index in [0.717, 1.165) is 5.56 Å². The second-order valence-corrected chi connectivity index (χ2v) is 7.14. The zero-order valence-electron chi connectivity index (χ0n) is 16.4. The van der Waals surface area contributed by atoms with Crippen LogP contribution in [0.4, 0.5) is 23.7 Å². The number of likely N-dealkylation sites (N-methyl/N-ethyl adjacent to an activating group) is 1. The standard InChI is InChI=1S/C21H23F3N4O2/c1-28-10-9-15-7-8-16(11-17(15)19(28)29)27-20(30)26-13-18(21(22,23)24)25-12-14-5-3-2-4-6-14/h2-8,11,18,25H,9-10,12-13H2,1H3,(H2,26,27,30)/t18-/m0/s1. The summed E-state index contributed by atoms with van der Waals surface area (Å²) in [5.41, 5.74) is 2.42. The Balaban J connectivity index is 1.57. The fraction of sp³-hybridized carbons (Fsp3) is 0.333. The summed E-state index contributed by atoms with van der Waals surface area (Å²) in [4.78, 5) is 25.9. The molecule has 2 aromatic rings. The van der Waals surface area contributed by atoms with Crippen LogP contribution in [0.3, 0.4) is 0 Å². The Kier molecular flexibility index (Phi) is 6.61. The minimum Gasteiger partial charge on any atom is -0.341 e. The van der Waals surface area contributed by atoms with Crippen LogP contribution < -0.4 is 16.0 Å². The third-order valence-corrected chi connectivity index (χ3v) is 4.92. The molecule has 3 N–H and O–H groups in total. The molecule has 0 unspecified atom stereocenters. The van der Waals surface area contributed by atoms with Crippen molar-refractivity contribution in [2.24, 2.45) is 0 Å². The summed E-state index contributed by atoms with van der Waals surface area (Å²) in [5.74, 6) is -0.150. The van der Waals surface area contributed by atoms with Gasteiger partial charge < -0.3 is 20.9 Å². The van der Waals surface area contributed by atoms with Crippen molar-refractivity contribution in [3.8, 4) is 0 Å². The Morgan fingerprint density at radius 3 is 2.60 bits per heavy atom. The Morgan fingerprint density at radius 2 is 1.90 bits per heavy atom. The first-order valence-electron chi connectivity index (χ1n) is 9.51. The molecular weight excluding hydrogens is 397 g/mol. The van der Waals surface area contributed by atoms with Crippen LogP contribution in [0.15, 0.2) is 48.5 Å². The Hall–Kier alpha value is -3.07. The summed E-state index contributed by atoms with van der Waals surface area (Å²) in [5, 5.41) is 7.17. The lowest BCUT2D eigenvalue weighted by molar-refractivity contribution is -0.154. The first-order chi connectivity index (χ1) is 14.2. The molecule has 0 spiro atoms. The maximum atomic E-state index is 13.3. The third kappa shape index (κ3) is 5.50. The maximum absolute atomic E-state index is 13.3. The van der Waals surface area contributed by atoms with Gasteiger partial charge in [0.05, 0.1) is 0 Å². The van der Waals surface area contributed by atoms with Crippen molar-refractivity contribution >= 4 is 17.6 Å². The van der Waals surface area contributed by atoms with Gasteiger partial charge in [-0.3, -0.25) is 4.79 Å². The number of fused-ring (bicyclic) bond motifs is 1. The number of urea groups is 1. The average Bonchev–Trinajstić information content (AvgIpc) is 2.71. The molecule has 3 amide bonds. The predicted octanol–water partition coefficient (Wildman–Crippen LogP) is 3.16. The summed E-state index contributed by atoms with van der Waals surface area (Å²) in [7, 11) is 1.69. The Labute approximate surface area is 172 Å². The SMILES string of the molecule is CN1CCc2ccc(NC(=O)NC[C@H](NCc3ccccc3)C(F)(F)F)cc2C1=O. The van der Waals surface area contributed by atoms with Gasteiger partial charge >= 0.3 is 12.2 Å². The van der Waals surface area contributed by atoms with Crippen LogP contribution in [0.1, 0.15) is 21.5 Å². The molecule has 0 radical (unpaired) electrons. The highest BCUT2D eigenvalue weighted by Crippen LogP contribution is 2.22. The monoisotopic (exact) mass is 420 g/mol. The van der Waals surface area contributed by atoms with E-state index in [1.54, 1.807) is 60.5 Å². The van der Waals surface area contributed by atoms with Crippen LogP contribution in [0, 0.1) is 0 Å². The minimum atomic E-state index is -4.52. The van der Waals surface area contributed by atoms with Crippen molar-refractivity contribution in [1.29, 1.82) is 0 Å². The number of nitrogens with one attached hydrogen (secondary N) is 3. The van der Waals surface area contributed by atoms with Gasteiger partial charge in [0.15, 0.2) is 0 Å². The summed E-state index contributed by atoms with van der Waals surface area (Å²) in [6.45, 7) is 0.0114. The lowest BCUT2D eigenvalue weighted by Gasteiger charge is -2.25. The van der Waals surface area contributed by atoms with E-state index in [4.69, 9.17) is 0 Å².